The van der Waals surface area contributed by atoms with E-state index in [1.165, 1.54) is 5.56 Å². The summed E-state index contributed by atoms with van der Waals surface area (Å²) in [5.74, 6) is 2.79. The second-order valence-corrected chi connectivity index (χ2v) is 6.79. The number of benzene rings is 1. The summed E-state index contributed by atoms with van der Waals surface area (Å²) in [4.78, 5) is 13.8. The van der Waals surface area contributed by atoms with Crippen LogP contribution >= 0.6 is 0 Å². The van der Waals surface area contributed by atoms with Crippen LogP contribution in [0.5, 0.6) is 0 Å². The van der Waals surface area contributed by atoms with Crippen LogP contribution in [-0.4, -0.2) is 56.0 Å². The molecule has 0 saturated carbocycles. The molecule has 140 valence electrons. The lowest BCUT2D eigenvalue weighted by molar-refractivity contribution is 0.634. The van der Waals surface area contributed by atoms with E-state index in [4.69, 9.17) is 4.98 Å². The monoisotopic (exact) mass is 372 g/mol. The molecular weight excluding hydrogens is 352 g/mol. The number of anilines is 2. The fourth-order valence-electron chi connectivity index (χ4n) is 3.48. The molecule has 0 amide bonds. The summed E-state index contributed by atoms with van der Waals surface area (Å²) in [5.41, 5.74) is 1.98. The number of rotatable bonds is 4. The average molecular weight is 372 g/mol. The van der Waals surface area contributed by atoms with Crippen molar-refractivity contribution in [2.45, 2.75) is 6.42 Å². The van der Waals surface area contributed by atoms with E-state index in [-0.39, 0.29) is 0 Å². The molecule has 1 fully saturated rings. The summed E-state index contributed by atoms with van der Waals surface area (Å²) in [5, 5.41) is 12.5. The maximum absolute atomic E-state index is 4.78. The SMILES string of the molecule is c1ccc(Cc2nccc(N3CCN(c4ccc5nncn5n4)CC3)n2)cc1. The fourth-order valence-corrected chi connectivity index (χ4v) is 3.48. The molecule has 4 aromatic rings. The van der Waals surface area contributed by atoms with Crippen molar-refractivity contribution in [2.24, 2.45) is 0 Å². The highest BCUT2D eigenvalue weighted by atomic mass is 15.4. The molecule has 0 atom stereocenters. The van der Waals surface area contributed by atoms with E-state index in [0.717, 1.165) is 55.7 Å². The normalized spacial score (nSPS) is 14.6. The molecule has 0 bridgehead atoms. The summed E-state index contributed by atoms with van der Waals surface area (Å²) in [6.07, 6.45) is 4.23. The molecule has 4 heterocycles. The van der Waals surface area contributed by atoms with Crippen LogP contribution in [0.25, 0.3) is 5.65 Å². The van der Waals surface area contributed by atoms with Crippen molar-refractivity contribution in [3.05, 3.63) is 72.4 Å². The van der Waals surface area contributed by atoms with Crippen molar-refractivity contribution < 1.29 is 0 Å². The summed E-state index contributed by atoms with van der Waals surface area (Å²) < 4.78 is 1.71. The molecule has 3 aromatic heterocycles. The largest absolute Gasteiger partial charge is 0.353 e. The van der Waals surface area contributed by atoms with Gasteiger partial charge in [0, 0.05) is 38.8 Å². The molecule has 0 N–H and O–H groups in total. The van der Waals surface area contributed by atoms with Crippen LogP contribution in [0.1, 0.15) is 11.4 Å². The Balaban J connectivity index is 1.27. The molecule has 1 aromatic carbocycles. The first kappa shape index (κ1) is 16.6. The number of aromatic nitrogens is 6. The number of fused-ring (bicyclic) bond motifs is 1. The summed E-state index contributed by atoms with van der Waals surface area (Å²) >= 11 is 0. The highest BCUT2D eigenvalue weighted by Gasteiger charge is 2.20. The first-order valence-electron chi connectivity index (χ1n) is 9.38. The van der Waals surface area contributed by atoms with E-state index in [1.807, 2.05) is 42.6 Å². The Morgan fingerprint density at radius 1 is 0.821 bits per heavy atom. The van der Waals surface area contributed by atoms with Gasteiger partial charge in [-0.3, -0.25) is 0 Å². The zero-order valence-corrected chi connectivity index (χ0v) is 15.4. The Morgan fingerprint density at radius 3 is 2.43 bits per heavy atom. The number of hydrogen-bond donors (Lipinski definition) is 0. The van der Waals surface area contributed by atoms with Crippen molar-refractivity contribution in [1.29, 1.82) is 0 Å². The van der Waals surface area contributed by atoms with Crippen LogP contribution in [0, 0.1) is 0 Å². The highest BCUT2D eigenvalue weighted by molar-refractivity contribution is 5.47. The molecule has 1 aliphatic rings. The molecule has 8 nitrogen and oxygen atoms in total. The molecular formula is C20H20N8. The molecule has 0 spiro atoms. The molecule has 1 aliphatic heterocycles. The minimum Gasteiger partial charge on any atom is -0.353 e. The minimum atomic E-state index is 0.748. The van der Waals surface area contributed by atoms with Crippen molar-refractivity contribution in [3.63, 3.8) is 0 Å². The molecule has 0 unspecified atom stereocenters. The van der Waals surface area contributed by atoms with E-state index in [9.17, 15) is 0 Å². The van der Waals surface area contributed by atoms with Gasteiger partial charge < -0.3 is 9.80 Å². The second kappa shape index (κ2) is 7.22. The lowest BCUT2D eigenvalue weighted by Gasteiger charge is -2.36. The van der Waals surface area contributed by atoms with Crippen LogP contribution in [0.2, 0.25) is 0 Å². The van der Waals surface area contributed by atoms with Crippen molar-refractivity contribution in [3.8, 4) is 0 Å². The predicted molar refractivity (Wildman–Crippen MR) is 106 cm³/mol. The lowest BCUT2D eigenvalue weighted by Crippen LogP contribution is -2.47. The van der Waals surface area contributed by atoms with E-state index in [0.29, 0.717) is 0 Å². The van der Waals surface area contributed by atoms with E-state index in [2.05, 4.69) is 42.2 Å². The standard InChI is InChI=1S/C20H20N8/c1-2-4-16(5-3-1)14-17-21-9-8-18(23-17)26-10-12-27(13-11-26)20-7-6-19-24-22-15-28(19)25-20/h1-9,15H,10-14H2. The molecule has 1 saturated heterocycles. The quantitative estimate of drug-likeness (QED) is 0.541. The maximum atomic E-state index is 4.78. The summed E-state index contributed by atoms with van der Waals surface area (Å²) in [7, 11) is 0. The third-order valence-corrected chi connectivity index (χ3v) is 4.97. The molecule has 28 heavy (non-hydrogen) atoms. The Kier molecular flexibility index (Phi) is 4.29. The van der Waals surface area contributed by atoms with Gasteiger partial charge in [0.15, 0.2) is 5.65 Å². The first-order valence-corrected chi connectivity index (χ1v) is 9.38. The zero-order valence-electron chi connectivity index (χ0n) is 15.4. The Hall–Kier alpha value is -3.55. The van der Waals surface area contributed by atoms with Gasteiger partial charge in [-0.1, -0.05) is 30.3 Å². The zero-order chi connectivity index (χ0) is 18.8. The first-order chi connectivity index (χ1) is 13.8. The number of hydrogen-bond acceptors (Lipinski definition) is 7. The van der Waals surface area contributed by atoms with E-state index < -0.39 is 0 Å². The predicted octanol–water partition coefficient (Wildman–Crippen LogP) is 1.83. The van der Waals surface area contributed by atoms with Crippen molar-refractivity contribution in [2.75, 3.05) is 36.0 Å². The van der Waals surface area contributed by atoms with Crippen LogP contribution in [0.15, 0.2) is 61.1 Å². The Morgan fingerprint density at radius 2 is 1.61 bits per heavy atom. The van der Waals surface area contributed by atoms with E-state index >= 15 is 0 Å². The van der Waals surface area contributed by atoms with Gasteiger partial charge in [0.05, 0.1) is 0 Å². The molecule has 0 radical (unpaired) electrons. The number of piperazine rings is 1. The van der Waals surface area contributed by atoms with Gasteiger partial charge in [0.25, 0.3) is 0 Å². The van der Waals surface area contributed by atoms with Crippen LogP contribution in [0.4, 0.5) is 11.6 Å². The number of nitrogens with zero attached hydrogens (tertiary/aromatic N) is 8. The topological polar surface area (TPSA) is 75.3 Å². The summed E-state index contributed by atoms with van der Waals surface area (Å²) in [6.45, 7) is 3.56. The molecule has 8 heteroatoms. The molecule has 5 rings (SSSR count). The van der Waals surface area contributed by atoms with Crippen LogP contribution < -0.4 is 9.80 Å². The van der Waals surface area contributed by atoms with Gasteiger partial charge >= 0.3 is 0 Å². The van der Waals surface area contributed by atoms with Gasteiger partial charge in [-0.25, -0.2) is 9.97 Å². The van der Waals surface area contributed by atoms with Crippen molar-refractivity contribution in [1.82, 2.24) is 29.8 Å². The highest BCUT2D eigenvalue weighted by Crippen LogP contribution is 2.18. The smallest absolute Gasteiger partial charge is 0.177 e. The fraction of sp³-hybridized carbons (Fsp3) is 0.250. The minimum absolute atomic E-state index is 0.748. The second-order valence-electron chi connectivity index (χ2n) is 6.79. The lowest BCUT2D eigenvalue weighted by atomic mass is 10.1. The summed E-state index contributed by atoms with van der Waals surface area (Å²) in [6, 6.07) is 16.3. The van der Waals surface area contributed by atoms with Gasteiger partial charge in [-0.2, -0.15) is 4.52 Å². The van der Waals surface area contributed by atoms with E-state index in [1.54, 1.807) is 10.8 Å². The third-order valence-electron chi connectivity index (χ3n) is 4.97. The van der Waals surface area contributed by atoms with Gasteiger partial charge in [0.1, 0.15) is 23.8 Å². The van der Waals surface area contributed by atoms with Gasteiger partial charge in [-0.05, 0) is 23.8 Å². The molecule has 0 aliphatic carbocycles. The van der Waals surface area contributed by atoms with Crippen LogP contribution in [-0.2, 0) is 6.42 Å². The van der Waals surface area contributed by atoms with Crippen molar-refractivity contribution >= 4 is 17.3 Å². The average Bonchev–Trinajstić information content (AvgIpc) is 3.23. The Bertz CT molecular complexity index is 1070. The maximum Gasteiger partial charge on any atom is 0.177 e. The van der Waals surface area contributed by atoms with Gasteiger partial charge in [0.2, 0.25) is 0 Å². The van der Waals surface area contributed by atoms with Gasteiger partial charge in [-0.15, -0.1) is 15.3 Å². The Labute approximate surface area is 162 Å². The third kappa shape index (κ3) is 3.36. The van der Waals surface area contributed by atoms with Crippen LogP contribution in [0.3, 0.4) is 0 Å².